The third kappa shape index (κ3) is 1.56. The Labute approximate surface area is 81.5 Å². The highest BCUT2D eigenvalue weighted by molar-refractivity contribution is 7.99. The molecular weight excluding hydrogens is 182 g/mol. The summed E-state index contributed by atoms with van der Waals surface area (Å²) in [5.41, 5.74) is 6.44. The maximum atomic E-state index is 11.1. The van der Waals surface area contributed by atoms with E-state index in [-0.39, 0.29) is 11.8 Å². The number of hydrogen-bond acceptors (Lipinski definition) is 2. The van der Waals surface area contributed by atoms with Crippen LogP contribution in [0.4, 0.5) is 0 Å². The van der Waals surface area contributed by atoms with Crippen molar-refractivity contribution in [3.63, 3.8) is 0 Å². The van der Waals surface area contributed by atoms with Gasteiger partial charge < -0.3 is 5.73 Å². The molecule has 0 aliphatic carbocycles. The van der Waals surface area contributed by atoms with Gasteiger partial charge in [-0.2, -0.15) is 0 Å². The maximum Gasteiger partial charge on any atom is 0.225 e. The van der Waals surface area contributed by atoms with Crippen LogP contribution in [0.25, 0.3) is 0 Å². The predicted octanol–water partition coefficient (Wildman–Crippen LogP) is 1.75. The molecule has 0 aromatic heterocycles. The van der Waals surface area contributed by atoms with Crippen LogP contribution in [0.5, 0.6) is 0 Å². The monoisotopic (exact) mass is 193 g/mol. The summed E-state index contributed by atoms with van der Waals surface area (Å²) in [6.45, 7) is 0. The molecule has 2 nitrogen and oxygen atoms in total. The maximum absolute atomic E-state index is 11.1. The summed E-state index contributed by atoms with van der Waals surface area (Å²) in [6.07, 6.45) is 0.872. The SMILES string of the molecule is NC(=O)[C@@H]1CCSc2ccccc21. The average molecular weight is 193 g/mol. The van der Waals surface area contributed by atoms with Gasteiger partial charge in [-0.3, -0.25) is 4.79 Å². The van der Waals surface area contributed by atoms with Crippen LogP contribution in [0.3, 0.4) is 0 Å². The second kappa shape index (κ2) is 3.42. The lowest BCUT2D eigenvalue weighted by Gasteiger charge is -2.21. The Morgan fingerprint density at radius 1 is 1.46 bits per heavy atom. The summed E-state index contributed by atoms with van der Waals surface area (Å²) in [6, 6.07) is 8.00. The molecule has 1 aliphatic rings. The van der Waals surface area contributed by atoms with E-state index in [1.54, 1.807) is 11.8 Å². The molecule has 0 unspecified atom stereocenters. The first-order valence-electron chi connectivity index (χ1n) is 4.30. The van der Waals surface area contributed by atoms with Gasteiger partial charge in [0, 0.05) is 4.90 Å². The number of hydrogen-bond donors (Lipinski definition) is 1. The Kier molecular flexibility index (Phi) is 2.27. The van der Waals surface area contributed by atoms with Crippen molar-refractivity contribution in [3.05, 3.63) is 29.8 Å². The molecule has 0 bridgehead atoms. The van der Waals surface area contributed by atoms with Crippen LogP contribution in [0.1, 0.15) is 17.9 Å². The zero-order valence-electron chi connectivity index (χ0n) is 7.19. The Morgan fingerprint density at radius 3 is 3.00 bits per heavy atom. The second-order valence-corrected chi connectivity index (χ2v) is 4.27. The molecule has 1 amide bonds. The van der Waals surface area contributed by atoms with Crippen molar-refractivity contribution in [2.75, 3.05) is 5.75 Å². The van der Waals surface area contributed by atoms with Gasteiger partial charge in [0.25, 0.3) is 0 Å². The molecule has 0 spiro atoms. The van der Waals surface area contributed by atoms with Gasteiger partial charge >= 0.3 is 0 Å². The highest BCUT2D eigenvalue weighted by Crippen LogP contribution is 2.36. The number of primary amides is 1. The fraction of sp³-hybridized carbons (Fsp3) is 0.300. The summed E-state index contributed by atoms with van der Waals surface area (Å²) in [5, 5.41) is 0. The highest BCUT2D eigenvalue weighted by atomic mass is 32.2. The fourth-order valence-corrected chi connectivity index (χ4v) is 2.76. The molecule has 1 aromatic rings. The number of nitrogens with two attached hydrogens (primary N) is 1. The van der Waals surface area contributed by atoms with Crippen molar-refractivity contribution in [2.45, 2.75) is 17.2 Å². The second-order valence-electron chi connectivity index (χ2n) is 3.13. The Hall–Kier alpha value is -0.960. The summed E-state index contributed by atoms with van der Waals surface area (Å²) >= 11 is 1.80. The molecule has 1 heterocycles. The summed E-state index contributed by atoms with van der Waals surface area (Å²) in [7, 11) is 0. The van der Waals surface area contributed by atoms with E-state index in [2.05, 4.69) is 6.07 Å². The topological polar surface area (TPSA) is 43.1 Å². The number of rotatable bonds is 1. The molecule has 1 aliphatic heterocycles. The zero-order valence-corrected chi connectivity index (χ0v) is 8.01. The third-order valence-electron chi connectivity index (χ3n) is 2.30. The van der Waals surface area contributed by atoms with E-state index in [0.29, 0.717) is 0 Å². The molecule has 0 saturated carbocycles. The molecule has 0 fully saturated rings. The van der Waals surface area contributed by atoms with Gasteiger partial charge in [-0.25, -0.2) is 0 Å². The van der Waals surface area contributed by atoms with Crippen molar-refractivity contribution in [1.29, 1.82) is 0 Å². The Bertz CT molecular complexity index is 337. The quantitative estimate of drug-likeness (QED) is 0.738. The van der Waals surface area contributed by atoms with Crippen molar-refractivity contribution in [2.24, 2.45) is 5.73 Å². The lowest BCUT2D eigenvalue weighted by molar-refractivity contribution is -0.119. The summed E-state index contributed by atoms with van der Waals surface area (Å²) in [4.78, 5) is 12.3. The van der Waals surface area contributed by atoms with Crippen LogP contribution in [0.2, 0.25) is 0 Å². The lowest BCUT2D eigenvalue weighted by Crippen LogP contribution is -2.24. The molecule has 2 rings (SSSR count). The number of amides is 1. The van der Waals surface area contributed by atoms with Crippen molar-refractivity contribution >= 4 is 17.7 Å². The molecular formula is C10H11NOS. The van der Waals surface area contributed by atoms with Crippen LogP contribution in [-0.4, -0.2) is 11.7 Å². The van der Waals surface area contributed by atoms with Crippen LogP contribution in [0, 0.1) is 0 Å². The number of benzene rings is 1. The molecule has 3 heteroatoms. The van der Waals surface area contributed by atoms with E-state index >= 15 is 0 Å². The third-order valence-corrected chi connectivity index (χ3v) is 3.42. The first kappa shape index (κ1) is 8.63. The Morgan fingerprint density at radius 2 is 2.23 bits per heavy atom. The van der Waals surface area contributed by atoms with Gasteiger partial charge in [0.1, 0.15) is 0 Å². The van der Waals surface area contributed by atoms with E-state index in [1.807, 2.05) is 18.2 Å². The van der Waals surface area contributed by atoms with Crippen LogP contribution < -0.4 is 5.73 Å². The van der Waals surface area contributed by atoms with Gasteiger partial charge in [-0.1, -0.05) is 18.2 Å². The van der Waals surface area contributed by atoms with Gasteiger partial charge in [0.15, 0.2) is 0 Å². The van der Waals surface area contributed by atoms with Gasteiger partial charge in [0.05, 0.1) is 5.92 Å². The molecule has 0 saturated heterocycles. The van der Waals surface area contributed by atoms with Gasteiger partial charge in [-0.15, -0.1) is 11.8 Å². The minimum absolute atomic E-state index is 0.0718. The Balaban J connectivity index is 2.42. The largest absolute Gasteiger partial charge is 0.369 e. The lowest BCUT2D eigenvalue weighted by atomic mass is 9.95. The first-order valence-corrected chi connectivity index (χ1v) is 5.28. The van der Waals surface area contributed by atoms with E-state index in [0.717, 1.165) is 17.7 Å². The number of fused-ring (bicyclic) bond motifs is 1. The molecule has 68 valence electrons. The average Bonchev–Trinajstić information content (AvgIpc) is 2.17. The molecule has 13 heavy (non-hydrogen) atoms. The number of thioether (sulfide) groups is 1. The van der Waals surface area contributed by atoms with Crippen LogP contribution in [-0.2, 0) is 4.79 Å². The van der Waals surface area contributed by atoms with Crippen LogP contribution >= 0.6 is 11.8 Å². The highest BCUT2D eigenvalue weighted by Gasteiger charge is 2.24. The fourth-order valence-electron chi connectivity index (χ4n) is 1.64. The van der Waals surface area contributed by atoms with Crippen molar-refractivity contribution in [1.82, 2.24) is 0 Å². The smallest absolute Gasteiger partial charge is 0.225 e. The summed E-state index contributed by atoms with van der Waals surface area (Å²) < 4.78 is 0. The molecule has 2 N–H and O–H groups in total. The van der Waals surface area contributed by atoms with Crippen molar-refractivity contribution < 1.29 is 4.79 Å². The van der Waals surface area contributed by atoms with E-state index in [9.17, 15) is 4.79 Å². The number of carbonyl (C=O) groups is 1. The van der Waals surface area contributed by atoms with Gasteiger partial charge in [-0.05, 0) is 23.8 Å². The van der Waals surface area contributed by atoms with Crippen LogP contribution in [0.15, 0.2) is 29.2 Å². The molecule has 1 aromatic carbocycles. The van der Waals surface area contributed by atoms with E-state index < -0.39 is 0 Å². The predicted molar refractivity (Wildman–Crippen MR) is 53.7 cm³/mol. The van der Waals surface area contributed by atoms with E-state index in [1.165, 1.54) is 4.90 Å². The van der Waals surface area contributed by atoms with Gasteiger partial charge in [0.2, 0.25) is 5.91 Å². The summed E-state index contributed by atoms with van der Waals surface area (Å²) in [5.74, 6) is 0.718. The number of carbonyl (C=O) groups excluding carboxylic acids is 1. The minimum atomic E-state index is -0.201. The molecule has 0 radical (unpaired) electrons. The normalized spacial score (nSPS) is 20.8. The minimum Gasteiger partial charge on any atom is -0.369 e. The standard InChI is InChI=1S/C10H11NOS/c11-10(12)8-5-6-13-9-4-2-1-3-7(8)9/h1-4,8H,5-6H2,(H2,11,12)/t8-/m1/s1. The van der Waals surface area contributed by atoms with E-state index in [4.69, 9.17) is 5.73 Å². The zero-order chi connectivity index (χ0) is 9.26. The van der Waals surface area contributed by atoms with Crippen molar-refractivity contribution in [3.8, 4) is 0 Å². The first-order chi connectivity index (χ1) is 6.29. The molecule has 1 atom stereocenters.